The first-order valence-corrected chi connectivity index (χ1v) is 9.03. The number of nitrogens with two attached hydrogens (primary N) is 1. The normalized spacial score (nSPS) is 17.3. The minimum absolute atomic E-state index is 0.230. The highest BCUT2D eigenvalue weighted by Crippen LogP contribution is 2.23. The lowest BCUT2D eigenvalue weighted by atomic mass is 9.86. The molecule has 3 N–H and O–H groups in total. The SMILES string of the molecule is NC(=O)C1(NCc2ccccc2)CCN(CCc2ccccc2)CC1. The number of likely N-dealkylation sites (tertiary alicyclic amines) is 1. The molecule has 1 fully saturated rings. The molecule has 2 aromatic rings. The molecule has 1 aliphatic heterocycles. The first-order valence-electron chi connectivity index (χ1n) is 9.03. The number of hydrogen-bond acceptors (Lipinski definition) is 3. The van der Waals surface area contributed by atoms with Gasteiger partial charge in [-0.2, -0.15) is 0 Å². The van der Waals surface area contributed by atoms with Gasteiger partial charge in [0.05, 0.1) is 0 Å². The van der Waals surface area contributed by atoms with E-state index in [0.29, 0.717) is 6.54 Å². The van der Waals surface area contributed by atoms with Crippen LogP contribution < -0.4 is 11.1 Å². The summed E-state index contributed by atoms with van der Waals surface area (Å²) in [6, 6.07) is 20.7. The number of nitrogens with zero attached hydrogens (tertiary/aromatic N) is 1. The molecule has 4 nitrogen and oxygen atoms in total. The molecule has 0 atom stereocenters. The van der Waals surface area contributed by atoms with Gasteiger partial charge in [0.15, 0.2) is 0 Å². The predicted molar refractivity (Wildman–Crippen MR) is 101 cm³/mol. The Morgan fingerprint density at radius 1 is 0.960 bits per heavy atom. The lowest BCUT2D eigenvalue weighted by molar-refractivity contribution is -0.126. The molecule has 0 aromatic heterocycles. The van der Waals surface area contributed by atoms with Crippen LogP contribution in [0.15, 0.2) is 60.7 Å². The fourth-order valence-electron chi connectivity index (χ4n) is 3.47. The molecule has 1 aliphatic rings. The van der Waals surface area contributed by atoms with E-state index in [1.165, 1.54) is 11.1 Å². The van der Waals surface area contributed by atoms with Crippen molar-refractivity contribution in [1.29, 1.82) is 0 Å². The van der Waals surface area contributed by atoms with Gasteiger partial charge in [-0.3, -0.25) is 10.1 Å². The molecular formula is C21H27N3O. The molecule has 1 amide bonds. The summed E-state index contributed by atoms with van der Waals surface area (Å²) in [7, 11) is 0. The van der Waals surface area contributed by atoms with Gasteiger partial charge in [-0.25, -0.2) is 0 Å². The van der Waals surface area contributed by atoms with Gasteiger partial charge in [-0.1, -0.05) is 60.7 Å². The second-order valence-electron chi connectivity index (χ2n) is 6.86. The lowest BCUT2D eigenvalue weighted by Crippen LogP contribution is -2.60. The molecule has 2 aromatic carbocycles. The summed E-state index contributed by atoms with van der Waals surface area (Å²) in [6.07, 6.45) is 2.58. The highest BCUT2D eigenvalue weighted by Gasteiger charge is 2.39. The highest BCUT2D eigenvalue weighted by atomic mass is 16.1. The molecule has 132 valence electrons. The zero-order valence-electron chi connectivity index (χ0n) is 14.7. The number of carbonyl (C=O) groups excluding carboxylic acids is 1. The van der Waals surface area contributed by atoms with E-state index >= 15 is 0 Å². The van der Waals surface area contributed by atoms with Crippen molar-refractivity contribution in [2.75, 3.05) is 19.6 Å². The van der Waals surface area contributed by atoms with Crippen molar-refractivity contribution >= 4 is 5.91 Å². The molecule has 0 radical (unpaired) electrons. The minimum atomic E-state index is -0.584. The predicted octanol–water partition coefficient (Wildman–Crippen LogP) is 2.34. The quantitative estimate of drug-likeness (QED) is 0.815. The first kappa shape index (κ1) is 17.6. The maximum Gasteiger partial charge on any atom is 0.237 e. The van der Waals surface area contributed by atoms with Crippen LogP contribution in [0.4, 0.5) is 0 Å². The monoisotopic (exact) mass is 337 g/mol. The smallest absolute Gasteiger partial charge is 0.237 e. The van der Waals surface area contributed by atoms with Crippen molar-refractivity contribution in [3.63, 3.8) is 0 Å². The Kier molecular flexibility index (Phi) is 5.84. The van der Waals surface area contributed by atoms with Crippen molar-refractivity contribution in [2.45, 2.75) is 31.3 Å². The highest BCUT2D eigenvalue weighted by molar-refractivity contribution is 5.84. The second kappa shape index (κ2) is 8.28. The van der Waals surface area contributed by atoms with Crippen LogP contribution in [0.3, 0.4) is 0 Å². The van der Waals surface area contributed by atoms with E-state index in [0.717, 1.165) is 38.9 Å². The molecule has 4 heteroatoms. The van der Waals surface area contributed by atoms with Gasteiger partial charge in [0.1, 0.15) is 5.54 Å². The Hall–Kier alpha value is -2.17. The number of benzene rings is 2. The molecule has 0 bridgehead atoms. The number of piperidine rings is 1. The van der Waals surface area contributed by atoms with Crippen molar-refractivity contribution in [3.8, 4) is 0 Å². The average Bonchev–Trinajstić information content (AvgIpc) is 2.67. The van der Waals surface area contributed by atoms with Crippen LogP contribution in [0.5, 0.6) is 0 Å². The van der Waals surface area contributed by atoms with Crippen LogP contribution in [0.1, 0.15) is 24.0 Å². The molecule has 0 aliphatic carbocycles. The molecule has 3 rings (SSSR count). The van der Waals surface area contributed by atoms with Crippen LogP contribution in [-0.2, 0) is 17.8 Å². The number of primary amides is 1. The number of rotatable bonds is 7. The largest absolute Gasteiger partial charge is 0.368 e. The first-order chi connectivity index (χ1) is 12.2. The topological polar surface area (TPSA) is 58.4 Å². The molecule has 0 saturated carbocycles. The molecule has 25 heavy (non-hydrogen) atoms. The summed E-state index contributed by atoms with van der Waals surface area (Å²) in [5.74, 6) is -0.230. The number of nitrogens with one attached hydrogen (secondary N) is 1. The summed E-state index contributed by atoms with van der Waals surface area (Å²) >= 11 is 0. The van der Waals surface area contributed by atoms with Gasteiger partial charge in [0.2, 0.25) is 5.91 Å². The summed E-state index contributed by atoms with van der Waals surface area (Å²) in [5.41, 5.74) is 7.71. The summed E-state index contributed by atoms with van der Waals surface area (Å²) in [5, 5.41) is 3.44. The van der Waals surface area contributed by atoms with E-state index in [1.807, 2.05) is 24.3 Å². The summed E-state index contributed by atoms with van der Waals surface area (Å²) < 4.78 is 0. The van der Waals surface area contributed by atoms with Gasteiger partial charge in [0.25, 0.3) is 0 Å². The zero-order valence-corrected chi connectivity index (χ0v) is 14.7. The maximum atomic E-state index is 12.1. The van der Waals surface area contributed by atoms with Crippen LogP contribution in [0.2, 0.25) is 0 Å². The standard InChI is InChI=1S/C21H27N3O/c22-20(25)21(23-17-19-9-5-2-6-10-19)12-15-24(16-13-21)14-11-18-7-3-1-4-8-18/h1-10,23H,11-17H2,(H2,22,25). The average molecular weight is 337 g/mol. The third kappa shape index (κ3) is 4.68. The molecular weight excluding hydrogens is 310 g/mol. The Bertz CT molecular complexity index is 664. The van der Waals surface area contributed by atoms with Crippen molar-refractivity contribution in [2.24, 2.45) is 5.73 Å². The van der Waals surface area contributed by atoms with Gasteiger partial charge in [-0.05, 0) is 30.4 Å². The Labute approximate surface area is 150 Å². The van der Waals surface area contributed by atoms with E-state index in [1.54, 1.807) is 0 Å². The third-order valence-electron chi connectivity index (χ3n) is 5.21. The van der Waals surface area contributed by atoms with E-state index in [4.69, 9.17) is 5.73 Å². The summed E-state index contributed by atoms with van der Waals surface area (Å²) in [6.45, 7) is 3.50. The fourth-order valence-corrected chi connectivity index (χ4v) is 3.47. The van der Waals surface area contributed by atoms with Crippen molar-refractivity contribution in [3.05, 3.63) is 71.8 Å². The molecule has 1 saturated heterocycles. The molecule has 1 heterocycles. The third-order valence-corrected chi connectivity index (χ3v) is 5.21. The van der Waals surface area contributed by atoms with Gasteiger partial charge in [0, 0.05) is 26.2 Å². The number of hydrogen-bond donors (Lipinski definition) is 2. The zero-order chi connectivity index (χ0) is 17.5. The van der Waals surface area contributed by atoms with E-state index in [9.17, 15) is 4.79 Å². The van der Waals surface area contributed by atoms with Gasteiger partial charge < -0.3 is 10.6 Å². The summed E-state index contributed by atoms with van der Waals surface area (Å²) in [4.78, 5) is 14.6. The van der Waals surface area contributed by atoms with Crippen LogP contribution in [0, 0.1) is 0 Å². The number of carbonyl (C=O) groups is 1. The van der Waals surface area contributed by atoms with Gasteiger partial charge in [-0.15, -0.1) is 0 Å². The van der Waals surface area contributed by atoms with Crippen LogP contribution in [0.25, 0.3) is 0 Å². The van der Waals surface area contributed by atoms with Crippen LogP contribution in [-0.4, -0.2) is 36.0 Å². The fraction of sp³-hybridized carbons (Fsp3) is 0.381. The lowest BCUT2D eigenvalue weighted by Gasteiger charge is -2.40. The van der Waals surface area contributed by atoms with Crippen molar-refractivity contribution < 1.29 is 4.79 Å². The van der Waals surface area contributed by atoms with Gasteiger partial charge >= 0.3 is 0 Å². The Morgan fingerprint density at radius 3 is 2.08 bits per heavy atom. The van der Waals surface area contributed by atoms with E-state index in [-0.39, 0.29) is 5.91 Å². The molecule has 0 spiro atoms. The minimum Gasteiger partial charge on any atom is -0.368 e. The van der Waals surface area contributed by atoms with E-state index < -0.39 is 5.54 Å². The maximum absolute atomic E-state index is 12.1. The van der Waals surface area contributed by atoms with Crippen molar-refractivity contribution in [1.82, 2.24) is 10.2 Å². The van der Waals surface area contributed by atoms with E-state index in [2.05, 4.69) is 46.6 Å². The Balaban J connectivity index is 1.52. The second-order valence-corrected chi connectivity index (χ2v) is 6.86. The Morgan fingerprint density at radius 2 is 1.52 bits per heavy atom. The molecule has 0 unspecified atom stereocenters. The van der Waals surface area contributed by atoms with Crippen LogP contribution >= 0.6 is 0 Å². The number of amides is 1.